The molecule has 0 saturated carbocycles. The predicted molar refractivity (Wildman–Crippen MR) is 99.5 cm³/mol. The Balaban J connectivity index is 2.68. The molecule has 0 aliphatic carbocycles. The van der Waals surface area contributed by atoms with Crippen LogP contribution in [0.25, 0.3) is 11.1 Å². The highest BCUT2D eigenvalue weighted by Crippen LogP contribution is 2.36. The molecule has 0 spiro atoms. The van der Waals surface area contributed by atoms with Crippen molar-refractivity contribution >= 4 is 14.7 Å². The molecule has 0 aromatic heterocycles. The zero-order chi connectivity index (χ0) is 18.8. The van der Waals surface area contributed by atoms with Crippen LogP contribution in [0.1, 0.15) is 31.9 Å². The number of hydrogen-bond donors (Lipinski definition) is 0. The van der Waals surface area contributed by atoms with Gasteiger partial charge in [0.2, 0.25) is 9.04 Å². The first-order valence-corrected chi connectivity index (χ1v) is 10.5. The Kier molecular flexibility index (Phi) is 5.75. The molecule has 0 atom stereocenters. The van der Waals surface area contributed by atoms with Crippen molar-refractivity contribution in [3.63, 3.8) is 0 Å². The summed E-state index contributed by atoms with van der Waals surface area (Å²) in [5.74, 6) is -0.476. The minimum atomic E-state index is -0.925. The van der Waals surface area contributed by atoms with Crippen LogP contribution in [0.15, 0.2) is 36.4 Å². The second kappa shape index (κ2) is 7.45. The van der Waals surface area contributed by atoms with E-state index in [0.29, 0.717) is 12.2 Å². The fourth-order valence-corrected chi connectivity index (χ4v) is 3.18. The average Bonchev–Trinajstić information content (AvgIpc) is 2.52. The molecule has 6 heteroatoms. The highest BCUT2D eigenvalue weighted by molar-refractivity contribution is 6.48. The lowest BCUT2D eigenvalue weighted by atomic mass is 9.81. The molecule has 0 fully saturated rings. The smallest absolute Gasteiger partial charge is 0.270 e. The molecule has 2 rings (SSSR count). The summed E-state index contributed by atoms with van der Waals surface area (Å²) in [6.07, 6.45) is 0. The minimum absolute atomic E-state index is 0.125. The van der Waals surface area contributed by atoms with Crippen LogP contribution in [0, 0.1) is 15.9 Å². The normalized spacial score (nSPS) is 11.8. The maximum atomic E-state index is 14.5. The zero-order valence-electron chi connectivity index (χ0n) is 15.2. The van der Waals surface area contributed by atoms with E-state index in [-0.39, 0.29) is 16.7 Å². The van der Waals surface area contributed by atoms with Gasteiger partial charge in [-0.05, 0) is 41.3 Å². The summed E-state index contributed by atoms with van der Waals surface area (Å²) >= 11 is 0. The number of halogens is 1. The molecule has 0 saturated heterocycles. The highest BCUT2D eigenvalue weighted by atomic mass is 28.3. The molecule has 0 heterocycles. The molecule has 0 amide bonds. The van der Waals surface area contributed by atoms with Gasteiger partial charge in [-0.2, -0.15) is 0 Å². The van der Waals surface area contributed by atoms with Gasteiger partial charge in [-0.15, -0.1) is 0 Å². The minimum Gasteiger partial charge on any atom is -0.413 e. The first-order chi connectivity index (χ1) is 11.6. The van der Waals surface area contributed by atoms with Gasteiger partial charge in [-0.1, -0.05) is 39.0 Å². The largest absolute Gasteiger partial charge is 0.413 e. The van der Waals surface area contributed by atoms with E-state index in [1.807, 2.05) is 25.2 Å². The number of nitrogens with zero attached hydrogens (tertiary/aromatic N) is 1. The Hall–Kier alpha value is -2.05. The standard InChI is InChI=1S/C19H23FNO3Si/c1-19(2,3)17-8-6-7-14(16(17)12-24-25(4)5)15-11-13(21(22)23)9-10-18(15)20/h6-11H,12H2,1-5H3. The number of nitro groups is 1. The quantitative estimate of drug-likeness (QED) is 0.404. The van der Waals surface area contributed by atoms with Crippen LogP contribution in [0.3, 0.4) is 0 Å². The van der Waals surface area contributed by atoms with Crippen molar-refractivity contribution in [1.82, 2.24) is 0 Å². The van der Waals surface area contributed by atoms with E-state index in [2.05, 4.69) is 20.8 Å². The van der Waals surface area contributed by atoms with E-state index in [9.17, 15) is 14.5 Å². The van der Waals surface area contributed by atoms with Crippen molar-refractivity contribution in [3.8, 4) is 11.1 Å². The van der Waals surface area contributed by atoms with E-state index in [1.165, 1.54) is 12.1 Å². The molecule has 2 aromatic rings. The van der Waals surface area contributed by atoms with Gasteiger partial charge in [0.05, 0.1) is 11.5 Å². The molecule has 2 aromatic carbocycles. The molecule has 0 aliphatic rings. The molecule has 0 N–H and O–H groups in total. The lowest BCUT2D eigenvalue weighted by molar-refractivity contribution is -0.384. The Morgan fingerprint density at radius 3 is 2.40 bits per heavy atom. The van der Waals surface area contributed by atoms with Crippen molar-refractivity contribution in [2.45, 2.75) is 45.9 Å². The van der Waals surface area contributed by atoms with Crippen molar-refractivity contribution in [2.24, 2.45) is 0 Å². The maximum absolute atomic E-state index is 14.5. The van der Waals surface area contributed by atoms with Crippen molar-refractivity contribution in [1.29, 1.82) is 0 Å². The van der Waals surface area contributed by atoms with Gasteiger partial charge >= 0.3 is 0 Å². The highest BCUT2D eigenvalue weighted by Gasteiger charge is 2.23. The predicted octanol–water partition coefficient (Wildman–Crippen LogP) is 5.47. The van der Waals surface area contributed by atoms with Crippen LogP contribution in [-0.4, -0.2) is 14.0 Å². The maximum Gasteiger partial charge on any atom is 0.270 e. The number of hydrogen-bond acceptors (Lipinski definition) is 3. The number of non-ortho nitro benzene ring substituents is 1. The Labute approximate surface area is 149 Å². The Morgan fingerprint density at radius 1 is 1.16 bits per heavy atom. The monoisotopic (exact) mass is 360 g/mol. The third-order valence-corrected chi connectivity index (χ3v) is 4.66. The molecule has 0 bridgehead atoms. The van der Waals surface area contributed by atoms with Gasteiger partial charge < -0.3 is 4.43 Å². The van der Waals surface area contributed by atoms with Gasteiger partial charge in [-0.25, -0.2) is 4.39 Å². The van der Waals surface area contributed by atoms with Gasteiger partial charge in [0, 0.05) is 17.7 Å². The van der Waals surface area contributed by atoms with Gasteiger partial charge in [0.1, 0.15) is 5.82 Å². The van der Waals surface area contributed by atoms with Crippen LogP contribution in [0.5, 0.6) is 0 Å². The first kappa shape index (κ1) is 19.3. The van der Waals surface area contributed by atoms with E-state index in [0.717, 1.165) is 17.2 Å². The zero-order valence-corrected chi connectivity index (χ0v) is 16.2. The second-order valence-electron chi connectivity index (χ2n) is 7.20. The van der Waals surface area contributed by atoms with Crippen LogP contribution >= 0.6 is 0 Å². The van der Waals surface area contributed by atoms with Crippen molar-refractivity contribution in [2.75, 3.05) is 0 Å². The van der Waals surface area contributed by atoms with Crippen LogP contribution in [-0.2, 0) is 16.4 Å². The lowest BCUT2D eigenvalue weighted by Crippen LogP contribution is -2.17. The third kappa shape index (κ3) is 4.52. The SMILES string of the molecule is C[Si](C)OCc1c(-c2cc([N+](=O)[O-])ccc2F)cccc1C(C)(C)C. The second-order valence-corrected chi connectivity index (χ2v) is 9.31. The number of nitro benzene ring substituents is 1. The van der Waals surface area contributed by atoms with E-state index >= 15 is 0 Å². The molecule has 133 valence electrons. The summed E-state index contributed by atoms with van der Waals surface area (Å²) in [6, 6.07) is 9.30. The summed E-state index contributed by atoms with van der Waals surface area (Å²) in [6.45, 7) is 10.7. The van der Waals surface area contributed by atoms with E-state index in [4.69, 9.17) is 4.43 Å². The van der Waals surface area contributed by atoms with Crippen LogP contribution in [0.2, 0.25) is 13.1 Å². The topological polar surface area (TPSA) is 52.4 Å². The molecule has 1 radical (unpaired) electrons. The molecule has 4 nitrogen and oxygen atoms in total. The Morgan fingerprint density at radius 2 is 1.84 bits per heavy atom. The van der Waals surface area contributed by atoms with E-state index in [1.54, 1.807) is 6.07 Å². The van der Waals surface area contributed by atoms with Crippen LogP contribution < -0.4 is 0 Å². The molecular weight excluding hydrogens is 337 g/mol. The van der Waals surface area contributed by atoms with Gasteiger partial charge in [0.25, 0.3) is 5.69 Å². The summed E-state index contributed by atoms with van der Waals surface area (Å²) in [4.78, 5) is 10.6. The molecular formula is C19H23FNO3Si. The Bertz CT molecular complexity index is 785. The summed E-state index contributed by atoms with van der Waals surface area (Å²) in [5.41, 5.74) is 2.55. The van der Waals surface area contributed by atoms with Crippen molar-refractivity contribution in [3.05, 3.63) is 63.5 Å². The van der Waals surface area contributed by atoms with Gasteiger partial charge in [-0.3, -0.25) is 10.1 Å². The number of rotatable bonds is 5. The van der Waals surface area contributed by atoms with Crippen LogP contribution in [0.4, 0.5) is 10.1 Å². The van der Waals surface area contributed by atoms with Crippen molar-refractivity contribution < 1.29 is 13.7 Å². The first-order valence-electron chi connectivity index (χ1n) is 8.11. The summed E-state index contributed by atoms with van der Waals surface area (Å²) in [5, 5.41) is 11.1. The fourth-order valence-electron chi connectivity index (χ4n) is 2.75. The van der Waals surface area contributed by atoms with E-state index < -0.39 is 19.8 Å². The number of benzene rings is 2. The summed E-state index contributed by atoms with van der Waals surface area (Å²) < 4.78 is 20.4. The molecule has 25 heavy (non-hydrogen) atoms. The lowest BCUT2D eigenvalue weighted by Gasteiger charge is -2.26. The summed E-state index contributed by atoms with van der Waals surface area (Å²) in [7, 11) is -0.925. The molecule has 0 aliphatic heterocycles. The van der Waals surface area contributed by atoms with Gasteiger partial charge in [0.15, 0.2) is 0 Å². The average molecular weight is 360 g/mol. The fraction of sp³-hybridized carbons (Fsp3) is 0.368. The third-order valence-electron chi connectivity index (χ3n) is 3.94. The molecule has 0 unspecified atom stereocenters.